The van der Waals surface area contributed by atoms with Crippen molar-refractivity contribution < 1.29 is 24.7 Å². The molecular formula is C16H13N3O6. The SMILES string of the molecule is O=C1CC(Nc2cc([N+](=O)[O-])ccc2O)C(=O)N1c1ccc(O)cc1. The van der Waals surface area contributed by atoms with Crippen LogP contribution in [0.2, 0.25) is 0 Å². The summed E-state index contributed by atoms with van der Waals surface area (Å²) >= 11 is 0. The molecule has 3 N–H and O–H groups in total. The molecule has 25 heavy (non-hydrogen) atoms. The average molecular weight is 343 g/mol. The minimum atomic E-state index is -0.964. The summed E-state index contributed by atoms with van der Waals surface area (Å²) < 4.78 is 0. The van der Waals surface area contributed by atoms with Gasteiger partial charge in [0.05, 0.1) is 22.7 Å². The molecule has 128 valence electrons. The molecule has 0 saturated carbocycles. The van der Waals surface area contributed by atoms with Crippen molar-refractivity contribution in [2.75, 3.05) is 10.2 Å². The maximum atomic E-state index is 12.5. The number of hydrogen-bond acceptors (Lipinski definition) is 7. The lowest BCUT2D eigenvalue weighted by molar-refractivity contribution is -0.384. The summed E-state index contributed by atoms with van der Waals surface area (Å²) in [7, 11) is 0. The number of nitro groups is 1. The largest absolute Gasteiger partial charge is 0.508 e. The molecule has 0 bridgehead atoms. The lowest BCUT2D eigenvalue weighted by Gasteiger charge is -2.16. The molecule has 0 aromatic heterocycles. The summed E-state index contributed by atoms with van der Waals surface area (Å²) in [5.74, 6) is -1.28. The van der Waals surface area contributed by atoms with Crippen LogP contribution in [0.1, 0.15) is 6.42 Å². The number of nitrogens with one attached hydrogen (secondary N) is 1. The molecule has 2 aromatic rings. The number of nitro benzene ring substituents is 1. The zero-order chi connectivity index (χ0) is 18.1. The van der Waals surface area contributed by atoms with Crippen molar-refractivity contribution in [2.24, 2.45) is 0 Å². The first-order valence-corrected chi connectivity index (χ1v) is 7.26. The Morgan fingerprint density at radius 2 is 1.80 bits per heavy atom. The first kappa shape index (κ1) is 16.2. The minimum absolute atomic E-state index is 0.000891. The van der Waals surface area contributed by atoms with Crippen LogP contribution in [0.5, 0.6) is 11.5 Å². The van der Waals surface area contributed by atoms with Gasteiger partial charge in [0.25, 0.3) is 11.6 Å². The van der Waals surface area contributed by atoms with Crippen LogP contribution in [0.15, 0.2) is 42.5 Å². The molecule has 9 heteroatoms. The monoisotopic (exact) mass is 343 g/mol. The molecule has 0 spiro atoms. The van der Waals surface area contributed by atoms with E-state index in [-0.39, 0.29) is 29.3 Å². The van der Waals surface area contributed by atoms with Gasteiger partial charge in [-0.3, -0.25) is 19.7 Å². The van der Waals surface area contributed by atoms with Gasteiger partial charge in [0, 0.05) is 12.1 Å². The summed E-state index contributed by atoms with van der Waals surface area (Å²) in [6, 6.07) is 7.96. The molecule has 3 rings (SSSR count). The van der Waals surface area contributed by atoms with E-state index in [0.29, 0.717) is 5.69 Å². The van der Waals surface area contributed by atoms with Crippen LogP contribution >= 0.6 is 0 Å². The van der Waals surface area contributed by atoms with Crippen LogP contribution in [-0.4, -0.2) is 33.0 Å². The molecule has 2 amide bonds. The second-order valence-electron chi connectivity index (χ2n) is 5.44. The first-order valence-electron chi connectivity index (χ1n) is 7.26. The Morgan fingerprint density at radius 3 is 2.44 bits per heavy atom. The number of anilines is 2. The van der Waals surface area contributed by atoms with Crippen molar-refractivity contribution in [1.29, 1.82) is 0 Å². The fourth-order valence-corrected chi connectivity index (χ4v) is 2.56. The van der Waals surface area contributed by atoms with E-state index in [1.165, 1.54) is 24.3 Å². The molecule has 0 aliphatic carbocycles. The highest BCUT2D eigenvalue weighted by Crippen LogP contribution is 2.31. The number of carbonyl (C=O) groups is 2. The van der Waals surface area contributed by atoms with Crippen LogP contribution in [-0.2, 0) is 9.59 Å². The summed E-state index contributed by atoms with van der Waals surface area (Å²) in [6.07, 6.45) is -0.165. The van der Waals surface area contributed by atoms with Gasteiger partial charge in [0.2, 0.25) is 5.91 Å². The van der Waals surface area contributed by atoms with E-state index in [4.69, 9.17) is 0 Å². The lowest BCUT2D eigenvalue weighted by atomic mass is 10.2. The Balaban J connectivity index is 1.84. The van der Waals surface area contributed by atoms with Gasteiger partial charge in [-0.15, -0.1) is 0 Å². The van der Waals surface area contributed by atoms with Gasteiger partial charge in [-0.25, -0.2) is 4.90 Å². The smallest absolute Gasteiger partial charge is 0.271 e. The lowest BCUT2D eigenvalue weighted by Crippen LogP contribution is -2.34. The number of amides is 2. The fourth-order valence-electron chi connectivity index (χ4n) is 2.56. The van der Waals surface area contributed by atoms with Crippen molar-refractivity contribution in [2.45, 2.75) is 12.5 Å². The molecule has 1 atom stereocenters. The van der Waals surface area contributed by atoms with Crippen LogP contribution in [0, 0.1) is 10.1 Å². The Kier molecular flexibility index (Phi) is 3.97. The minimum Gasteiger partial charge on any atom is -0.508 e. The Bertz CT molecular complexity index is 865. The van der Waals surface area contributed by atoms with E-state index in [0.717, 1.165) is 23.1 Å². The number of non-ortho nitro benzene ring substituents is 1. The van der Waals surface area contributed by atoms with Crippen LogP contribution in [0.4, 0.5) is 17.1 Å². The van der Waals surface area contributed by atoms with Crippen LogP contribution in [0.3, 0.4) is 0 Å². The summed E-state index contributed by atoms with van der Waals surface area (Å²) in [4.78, 5) is 35.8. The number of hydrogen-bond donors (Lipinski definition) is 3. The van der Waals surface area contributed by atoms with E-state index < -0.39 is 22.8 Å². The maximum Gasteiger partial charge on any atom is 0.271 e. The Labute approximate surface area is 141 Å². The number of benzene rings is 2. The standard InChI is InChI=1S/C16H13N3O6/c20-11-4-1-9(2-5-11)18-15(22)8-13(16(18)23)17-12-7-10(19(24)25)3-6-14(12)21/h1-7,13,17,20-21H,8H2. The molecule has 1 aliphatic heterocycles. The molecular weight excluding hydrogens is 330 g/mol. The van der Waals surface area contributed by atoms with Crippen molar-refractivity contribution in [3.8, 4) is 11.5 Å². The van der Waals surface area contributed by atoms with E-state index >= 15 is 0 Å². The van der Waals surface area contributed by atoms with Gasteiger partial charge < -0.3 is 15.5 Å². The Hall–Kier alpha value is -3.62. The van der Waals surface area contributed by atoms with Crippen LogP contribution < -0.4 is 10.2 Å². The molecule has 1 heterocycles. The highest BCUT2D eigenvalue weighted by atomic mass is 16.6. The molecule has 0 radical (unpaired) electrons. The number of aromatic hydroxyl groups is 2. The number of phenols is 2. The first-order chi connectivity index (χ1) is 11.9. The summed E-state index contributed by atoms with van der Waals surface area (Å²) in [6.45, 7) is 0. The third-order valence-corrected chi connectivity index (χ3v) is 3.78. The van der Waals surface area contributed by atoms with E-state index in [1.54, 1.807) is 0 Å². The third kappa shape index (κ3) is 3.07. The normalized spacial score (nSPS) is 17.0. The maximum absolute atomic E-state index is 12.5. The molecule has 9 nitrogen and oxygen atoms in total. The number of phenolic OH excluding ortho intramolecular Hbond substituents is 2. The number of carbonyl (C=O) groups excluding carboxylic acids is 2. The van der Waals surface area contributed by atoms with Crippen molar-refractivity contribution in [3.05, 3.63) is 52.6 Å². The number of imide groups is 1. The third-order valence-electron chi connectivity index (χ3n) is 3.78. The second-order valence-corrected chi connectivity index (χ2v) is 5.44. The van der Waals surface area contributed by atoms with Gasteiger partial charge in [0.1, 0.15) is 17.5 Å². The predicted octanol–water partition coefficient (Wildman–Crippen LogP) is 1.75. The summed E-state index contributed by atoms with van der Waals surface area (Å²) in [5.41, 5.74) is 0.0423. The van der Waals surface area contributed by atoms with Gasteiger partial charge in [-0.1, -0.05) is 0 Å². The van der Waals surface area contributed by atoms with Gasteiger partial charge in [-0.2, -0.15) is 0 Å². The Morgan fingerprint density at radius 1 is 1.12 bits per heavy atom. The molecule has 1 aliphatic rings. The van der Waals surface area contributed by atoms with Crippen molar-refractivity contribution in [3.63, 3.8) is 0 Å². The van der Waals surface area contributed by atoms with Gasteiger partial charge >= 0.3 is 0 Å². The fraction of sp³-hybridized carbons (Fsp3) is 0.125. The van der Waals surface area contributed by atoms with E-state index in [9.17, 15) is 29.9 Å². The van der Waals surface area contributed by atoms with Crippen molar-refractivity contribution in [1.82, 2.24) is 0 Å². The molecule has 1 unspecified atom stereocenters. The number of rotatable bonds is 4. The van der Waals surface area contributed by atoms with Crippen molar-refractivity contribution >= 4 is 28.9 Å². The second kappa shape index (κ2) is 6.11. The highest BCUT2D eigenvalue weighted by molar-refractivity contribution is 6.23. The molecule has 1 fully saturated rings. The highest BCUT2D eigenvalue weighted by Gasteiger charge is 2.40. The van der Waals surface area contributed by atoms with E-state index in [2.05, 4.69) is 5.32 Å². The average Bonchev–Trinajstić information content (AvgIpc) is 2.84. The molecule has 1 saturated heterocycles. The predicted molar refractivity (Wildman–Crippen MR) is 87.4 cm³/mol. The van der Waals surface area contributed by atoms with Crippen LogP contribution in [0.25, 0.3) is 0 Å². The topological polar surface area (TPSA) is 133 Å². The molecule has 2 aromatic carbocycles. The van der Waals surface area contributed by atoms with Gasteiger partial charge in [-0.05, 0) is 30.3 Å². The quantitative estimate of drug-likeness (QED) is 0.333. The van der Waals surface area contributed by atoms with E-state index in [1.807, 2.05) is 0 Å². The zero-order valence-corrected chi connectivity index (χ0v) is 12.7. The summed E-state index contributed by atoms with van der Waals surface area (Å²) in [5, 5.41) is 32.6. The van der Waals surface area contributed by atoms with Gasteiger partial charge in [0.15, 0.2) is 0 Å². The number of nitrogens with zero attached hydrogens (tertiary/aromatic N) is 2. The zero-order valence-electron chi connectivity index (χ0n) is 12.7.